The molecule has 1 aliphatic carbocycles. The number of carbonyl (C=O) groups is 1. The van der Waals surface area contributed by atoms with Crippen LogP contribution in [0.15, 0.2) is 11.6 Å². The van der Waals surface area contributed by atoms with Crippen LogP contribution in [0.3, 0.4) is 0 Å². The minimum atomic E-state index is -0.432. The molecule has 0 N–H and O–H groups in total. The molecule has 3 rings (SSSR count). The predicted octanol–water partition coefficient (Wildman–Crippen LogP) is 1.56. The third kappa shape index (κ3) is 2.51. The number of ether oxygens (including phenoxy) is 1. The number of esters is 1. The first-order valence-electron chi connectivity index (χ1n) is 7.13. The zero-order valence-corrected chi connectivity index (χ0v) is 12.3. The van der Waals surface area contributed by atoms with Crippen molar-refractivity contribution in [3.05, 3.63) is 23.0 Å². The molecule has 1 saturated carbocycles. The van der Waals surface area contributed by atoms with E-state index in [0.29, 0.717) is 18.2 Å². The zero-order valence-electron chi connectivity index (χ0n) is 12.3. The highest BCUT2D eigenvalue weighted by Crippen LogP contribution is 2.43. The van der Waals surface area contributed by atoms with Crippen LogP contribution < -0.4 is 0 Å². The van der Waals surface area contributed by atoms with E-state index in [1.54, 1.807) is 15.6 Å². The van der Waals surface area contributed by atoms with Crippen LogP contribution in [0, 0.1) is 17.4 Å². The number of nitrogens with zero attached hydrogens (tertiary/aromatic N) is 4. The van der Waals surface area contributed by atoms with Gasteiger partial charge in [0.2, 0.25) is 0 Å². The number of carbonyl (C=O) groups excluding carboxylic acids is 1. The summed E-state index contributed by atoms with van der Waals surface area (Å²) in [6.45, 7) is 1.38. The van der Waals surface area contributed by atoms with Crippen molar-refractivity contribution in [3.8, 4) is 6.19 Å². The molecule has 21 heavy (non-hydrogen) atoms. The normalized spacial score (nSPS) is 18.6. The Balaban J connectivity index is 2.01. The van der Waals surface area contributed by atoms with E-state index in [1.807, 2.05) is 7.05 Å². The first-order chi connectivity index (χ1) is 10.1. The van der Waals surface area contributed by atoms with Crippen LogP contribution in [0.4, 0.5) is 0 Å². The molecule has 0 saturated heterocycles. The summed E-state index contributed by atoms with van der Waals surface area (Å²) in [5, 5.41) is 13.4. The molecule has 0 aromatic carbocycles. The number of rotatable bonds is 3. The highest BCUT2D eigenvalue weighted by Gasteiger charge is 2.33. The minimum Gasteiger partial charge on any atom is -0.464 e. The van der Waals surface area contributed by atoms with Gasteiger partial charge in [-0.2, -0.15) is 10.4 Å². The van der Waals surface area contributed by atoms with E-state index in [4.69, 9.17) is 10.00 Å². The van der Waals surface area contributed by atoms with E-state index in [-0.39, 0.29) is 0 Å². The Bertz CT molecular complexity index is 649. The predicted molar refractivity (Wildman–Crippen MR) is 76.0 cm³/mol. The SMILES string of the molecule is COC(=O)c1cc(C2=C(C3CC3)CCN(C#N)C2)n(C)n1. The second kappa shape index (κ2) is 5.24. The van der Waals surface area contributed by atoms with Crippen molar-refractivity contribution < 1.29 is 9.53 Å². The van der Waals surface area contributed by atoms with Crippen molar-refractivity contribution in [1.29, 1.82) is 5.26 Å². The second-order valence-electron chi connectivity index (χ2n) is 5.58. The molecule has 0 atom stereocenters. The van der Waals surface area contributed by atoms with E-state index in [0.717, 1.165) is 24.2 Å². The molecule has 6 nitrogen and oxygen atoms in total. The average Bonchev–Trinajstić information content (AvgIpc) is 3.28. The molecule has 6 heteroatoms. The Kier molecular flexibility index (Phi) is 3.42. The van der Waals surface area contributed by atoms with Crippen molar-refractivity contribution >= 4 is 11.5 Å². The summed E-state index contributed by atoms with van der Waals surface area (Å²) in [6.07, 6.45) is 5.60. The quantitative estimate of drug-likeness (QED) is 0.623. The lowest BCUT2D eigenvalue weighted by Gasteiger charge is -2.27. The number of hydrogen-bond donors (Lipinski definition) is 0. The lowest BCUT2D eigenvalue weighted by atomic mass is 9.94. The van der Waals surface area contributed by atoms with Gasteiger partial charge in [-0.1, -0.05) is 5.57 Å². The number of aromatic nitrogens is 2. The molecule has 1 aromatic rings. The van der Waals surface area contributed by atoms with Crippen LogP contribution in [0.5, 0.6) is 0 Å². The highest BCUT2D eigenvalue weighted by molar-refractivity contribution is 5.88. The molecule has 0 bridgehead atoms. The summed E-state index contributed by atoms with van der Waals surface area (Å²) < 4.78 is 6.44. The first kappa shape index (κ1) is 13.7. The fourth-order valence-corrected chi connectivity index (χ4v) is 2.94. The van der Waals surface area contributed by atoms with Crippen molar-refractivity contribution in [3.63, 3.8) is 0 Å². The van der Waals surface area contributed by atoms with Crippen LogP contribution in [-0.4, -0.2) is 40.8 Å². The lowest BCUT2D eigenvalue weighted by molar-refractivity contribution is 0.0593. The number of nitriles is 1. The van der Waals surface area contributed by atoms with Crippen LogP contribution >= 0.6 is 0 Å². The summed E-state index contributed by atoms with van der Waals surface area (Å²) in [5.74, 6) is 0.218. The molecule has 0 unspecified atom stereocenters. The van der Waals surface area contributed by atoms with Crippen LogP contribution in [0.2, 0.25) is 0 Å². The van der Waals surface area contributed by atoms with Gasteiger partial charge in [-0.25, -0.2) is 4.79 Å². The fraction of sp³-hybridized carbons (Fsp3) is 0.533. The highest BCUT2D eigenvalue weighted by atomic mass is 16.5. The largest absolute Gasteiger partial charge is 0.464 e. The maximum absolute atomic E-state index is 11.6. The minimum absolute atomic E-state index is 0.312. The van der Waals surface area contributed by atoms with Gasteiger partial charge in [-0.15, -0.1) is 0 Å². The molecule has 2 aliphatic rings. The molecule has 1 aliphatic heterocycles. The molecule has 0 radical (unpaired) electrons. The summed E-state index contributed by atoms with van der Waals surface area (Å²) in [5.41, 5.74) is 3.81. The van der Waals surface area contributed by atoms with Gasteiger partial charge in [0.05, 0.1) is 19.3 Å². The maximum Gasteiger partial charge on any atom is 0.358 e. The van der Waals surface area contributed by atoms with E-state index < -0.39 is 5.97 Å². The van der Waals surface area contributed by atoms with E-state index in [1.165, 1.54) is 25.5 Å². The summed E-state index contributed by atoms with van der Waals surface area (Å²) in [6, 6.07) is 1.77. The van der Waals surface area contributed by atoms with Crippen molar-refractivity contribution in [2.24, 2.45) is 13.0 Å². The van der Waals surface area contributed by atoms with Gasteiger partial charge >= 0.3 is 5.97 Å². The molecule has 110 valence electrons. The second-order valence-corrected chi connectivity index (χ2v) is 5.58. The van der Waals surface area contributed by atoms with Gasteiger partial charge in [0.1, 0.15) is 0 Å². The Morgan fingerprint density at radius 1 is 1.52 bits per heavy atom. The molecule has 2 heterocycles. The monoisotopic (exact) mass is 286 g/mol. The number of hydrogen-bond acceptors (Lipinski definition) is 5. The summed E-state index contributed by atoms with van der Waals surface area (Å²) >= 11 is 0. The molecule has 0 amide bonds. The molecule has 0 spiro atoms. The van der Waals surface area contributed by atoms with Crippen LogP contribution in [0.1, 0.15) is 35.4 Å². The van der Waals surface area contributed by atoms with E-state index in [9.17, 15) is 4.79 Å². The Labute approximate surface area is 123 Å². The summed E-state index contributed by atoms with van der Waals surface area (Å²) in [7, 11) is 3.17. The van der Waals surface area contributed by atoms with Gasteiger partial charge in [-0.3, -0.25) is 4.68 Å². The van der Waals surface area contributed by atoms with Crippen LogP contribution in [0.25, 0.3) is 5.57 Å². The standard InChI is InChI=1S/C15H18N4O2/c1-18-14(7-13(17-18)15(20)21-2)12-8-19(9-16)6-5-11(12)10-3-4-10/h7,10H,3-6,8H2,1-2H3. The Morgan fingerprint density at radius 3 is 2.90 bits per heavy atom. The average molecular weight is 286 g/mol. The number of aryl methyl sites for hydroxylation is 1. The van der Waals surface area contributed by atoms with Gasteiger partial charge in [0, 0.05) is 13.6 Å². The Hall–Kier alpha value is -2.29. The third-order valence-corrected chi connectivity index (χ3v) is 4.18. The fourth-order valence-electron chi connectivity index (χ4n) is 2.94. The van der Waals surface area contributed by atoms with Gasteiger partial charge in [0.15, 0.2) is 11.9 Å². The molecular formula is C15H18N4O2. The van der Waals surface area contributed by atoms with Crippen molar-refractivity contribution in [1.82, 2.24) is 14.7 Å². The van der Waals surface area contributed by atoms with Gasteiger partial charge in [-0.05, 0) is 36.8 Å². The van der Waals surface area contributed by atoms with Crippen molar-refractivity contribution in [2.45, 2.75) is 19.3 Å². The topological polar surface area (TPSA) is 71.2 Å². The zero-order chi connectivity index (χ0) is 15.0. The van der Waals surface area contributed by atoms with Gasteiger partial charge < -0.3 is 9.64 Å². The lowest BCUT2D eigenvalue weighted by Crippen LogP contribution is -2.28. The first-order valence-corrected chi connectivity index (χ1v) is 7.13. The van der Waals surface area contributed by atoms with Crippen molar-refractivity contribution in [2.75, 3.05) is 20.2 Å². The van der Waals surface area contributed by atoms with Gasteiger partial charge in [0.25, 0.3) is 0 Å². The molecule has 1 aromatic heterocycles. The molecular weight excluding hydrogens is 268 g/mol. The number of methoxy groups -OCH3 is 1. The van der Waals surface area contributed by atoms with Crippen LogP contribution in [-0.2, 0) is 11.8 Å². The maximum atomic E-state index is 11.6. The van der Waals surface area contributed by atoms with E-state index in [2.05, 4.69) is 11.3 Å². The Morgan fingerprint density at radius 2 is 2.29 bits per heavy atom. The van der Waals surface area contributed by atoms with E-state index >= 15 is 0 Å². The third-order valence-electron chi connectivity index (χ3n) is 4.18. The summed E-state index contributed by atoms with van der Waals surface area (Å²) in [4.78, 5) is 13.4. The smallest absolute Gasteiger partial charge is 0.358 e. The molecule has 1 fully saturated rings.